The van der Waals surface area contributed by atoms with Gasteiger partial charge in [-0.05, 0) is 24.6 Å². The number of aromatic nitrogens is 1. The molecule has 24 heavy (non-hydrogen) atoms. The molecule has 3 rings (SSSR count). The summed E-state index contributed by atoms with van der Waals surface area (Å²) < 4.78 is 29.1. The third-order valence-corrected chi connectivity index (χ3v) is 7.78. The van der Waals surface area contributed by atoms with E-state index in [1.54, 1.807) is 23.2 Å². The van der Waals surface area contributed by atoms with Crippen molar-refractivity contribution in [1.29, 1.82) is 0 Å². The Morgan fingerprint density at radius 3 is 2.42 bits per heavy atom. The van der Waals surface area contributed by atoms with Crippen LogP contribution >= 0.6 is 11.3 Å². The molecule has 0 spiro atoms. The smallest absolute Gasteiger partial charge is 0.255 e. The molecule has 0 bridgehead atoms. The lowest BCUT2D eigenvalue weighted by atomic mass is 10.2. The maximum atomic E-state index is 12.7. The average molecular weight is 367 g/mol. The summed E-state index contributed by atoms with van der Waals surface area (Å²) in [6.45, 7) is 3.51. The third kappa shape index (κ3) is 3.26. The number of hydrogen-bond acceptors (Lipinski definition) is 4. The van der Waals surface area contributed by atoms with E-state index in [2.05, 4.69) is 0 Å². The maximum absolute atomic E-state index is 12.7. The summed E-state index contributed by atoms with van der Waals surface area (Å²) in [5, 5.41) is 0. The molecule has 0 saturated carbocycles. The molecule has 1 aliphatic heterocycles. The van der Waals surface area contributed by atoms with Crippen molar-refractivity contribution in [1.82, 2.24) is 13.8 Å². The van der Waals surface area contributed by atoms with Crippen LogP contribution in [-0.2, 0) is 23.5 Å². The number of rotatable bonds is 4. The molecule has 1 saturated heterocycles. The van der Waals surface area contributed by atoms with Crippen LogP contribution in [0.1, 0.15) is 22.2 Å². The van der Waals surface area contributed by atoms with Crippen molar-refractivity contribution in [3.05, 3.63) is 41.0 Å². The molecule has 0 N–H and O–H groups in total. The van der Waals surface area contributed by atoms with Crippen molar-refractivity contribution in [3.8, 4) is 0 Å². The van der Waals surface area contributed by atoms with Gasteiger partial charge in [-0.2, -0.15) is 4.31 Å². The lowest BCUT2D eigenvalue weighted by Gasteiger charge is -2.33. The monoisotopic (exact) mass is 367 g/mol. The predicted octanol–water partition coefficient (Wildman–Crippen LogP) is 1.80. The molecule has 6 nitrogen and oxygen atoms in total. The van der Waals surface area contributed by atoms with Gasteiger partial charge in [0.25, 0.3) is 15.9 Å². The minimum atomic E-state index is -3.45. The topological polar surface area (TPSA) is 62.6 Å². The van der Waals surface area contributed by atoms with Crippen molar-refractivity contribution in [3.63, 3.8) is 0 Å². The molecule has 1 amide bonds. The summed E-state index contributed by atoms with van der Waals surface area (Å²) in [5.74, 6) is -0.0444. The van der Waals surface area contributed by atoms with Crippen LogP contribution in [0.25, 0.3) is 0 Å². The van der Waals surface area contributed by atoms with E-state index in [0.29, 0.717) is 36.0 Å². The summed E-state index contributed by atoms with van der Waals surface area (Å²) in [4.78, 5) is 15.2. The van der Waals surface area contributed by atoms with Crippen molar-refractivity contribution >= 4 is 27.3 Å². The molecule has 0 atom stereocenters. The number of nitrogens with zero attached hydrogens (tertiary/aromatic N) is 3. The number of carbonyl (C=O) groups excluding carboxylic acids is 1. The summed E-state index contributed by atoms with van der Waals surface area (Å²) >= 11 is 1.33. The number of carbonyl (C=O) groups is 1. The summed E-state index contributed by atoms with van der Waals surface area (Å²) in [6, 6.07) is 5.33. The Labute approximate surface area is 146 Å². The average Bonchev–Trinajstić information content (AvgIpc) is 3.23. The normalized spacial score (nSPS) is 16.5. The van der Waals surface area contributed by atoms with Gasteiger partial charge < -0.3 is 9.47 Å². The number of thiophene rings is 1. The molecule has 0 aliphatic carbocycles. The molecule has 8 heteroatoms. The Hall–Kier alpha value is -1.64. The van der Waals surface area contributed by atoms with Gasteiger partial charge in [-0.3, -0.25) is 4.79 Å². The molecule has 0 radical (unpaired) electrons. The number of aryl methyl sites for hydroxylation is 2. The molecule has 1 aliphatic rings. The van der Waals surface area contributed by atoms with E-state index in [1.807, 2.05) is 30.8 Å². The van der Waals surface area contributed by atoms with Gasteiger partial charge >= 0.3 is 0 Å². The van der Waals surface area contributed by atoms with E-state index in [1.165, 1.54) is 15.6 Å². The molecule has 2 aromatic heterocycles. The minimum absolute atomic E-state index is 0.0444. The summed E-state index contributed by atoms with van der Waals surface area (Å²) in [5.41, 5.74) is 0.639. The van der Waals surface area contributed by atoms with Crippen molar-refractivity contribution < 1.29 is 13.2 Å². The van der Waals surface area contributed by atoms with E-state index in [4.69, 9.17) is 0 Å². The molecule has 1 fully saturated rings. The first-order valence-corrected chi connectivity index (χ1v) is 10.2. The molecule has 2 aromatic rings. The Morgan fingerprint density at radius 1 is 1.17 bits per heavy atom. The second-order valence-corrected chi connectivity index (χ2v) is 9.17. The molecular formula is C16H21N3O3S2. The van der Waals surface area contributed by atoms with Gasteiger partial charge in [0.15, 0.2) is 0 Å². The van der Waals surface area contributed by atoms with Crippen molar-refractivity contribution in [2.24, 2.45) is 7.05 Å². The summed E-state index contributed by atoms with van der Waals surface area (Å²) in [7, 11) is -1.58. The highest BCUT2D eigenvalue weighted by molar-refractivity contribution is 7.91. The highest BCUT2D eigenvalue weighted by Gasteiger charge is 2.31. The van der Waals surface area contributed by atoms with Crippen LogP contribution in [0.4, 0.5) is 0 Å². The molecule has 0 unspecified atom stereocenters. The van der Waals surface area contributed by atoms with E-state index >= 15 is 0 Å². The Morgan fingerprint density at radius 2 is 1.88 bits per heavy atom. The Balaban J connectivity index is 1.67. The van der Waals surface area contributed by atoms with Gasteiger partial charge in [0, 0.05) is 50.5 Å². The molecular weight excluding hydrogens is 346 g/mol. The SMILES string of the molecule is CCc1ccc(S(=O)(=O)N2CCN(C(=O)c3ccn(C)c3)CC2)s1. The van der Waals surface area contributed by atoms with Crippen LogP contribution in [0.3, 0.4) is 0 Å². The number of amides is 1. The second-order valence-electron chi connectivity index (χ2n) is 5.84. The van der Waals surface area contributed by atoms with Crippen LogP contribution in [0, 0.1) is 0 Å². The van der Waals surface area contributed by atoms with Crippen LogP contribution in [0.15, 0.2) is 34.8 Å². The number of hydrogen-bond donors (Lipinski definition) is 0. The van der Waals surface area contributed by atoms with Gasteiger partial charge in [0.1, 0.15) is 4.21 Å². The lowest BCUT2D eigenvalue weighted by Crippen LogP contribution is -2.50. The molecule has 0 aromatic carbocycles. The quantitative estimate of drug-likeness (QED) is 0.828. The first kappa shape index (κ1) is 17.2. The van der Waals surface area contributed by atoms with E-state index in [9.17, 15) is 13.2 Å². The van der Waals surface area contributed by atoms with E-state index in [0.717, 1.165) is 11.3 Å². The second kappa shape index (κ2) is 6.70. The fourth-order valence-corrected chi connectivity index (χ4v) is 5.63. The Bertz CT molecular complexity index is 830. The van der Waals surface area contributed by atoms with Crippen LogP contribution < -0.4 is 0 Å². The fourth-order valence-electron chi connectivity index (χ4n) is 2.76. The third-order valence-electron chi connectivity index (χ3n) is 4.18. The van der Waals surface area contributed by atoms with Gasteiger partial charge in [0.05, 0.1) is 5.56 Å². The maximum Gasteiger partial charge on any atom is 0.255 e. The van der Waals surface area contributed by atoms with Gasteiger partial charge in [-0.15, -0.1) is 11.3 Å². The van der Waals surface area contributed by atoms with Crippen molar-refractivity contribution in [2.75, 3.05) is 26.2 Å². The lowest BCUT2D eigenvalue weighted by molar-refractivity contribution is 0.0698. The van der Waals surface area contributed by atoms with Crippen LogP contribution in [0.5, 0.6) is 0 Å². The zero-order valence-corrected chi connectivity index (χ0v) is 15.4. The largest absolute Gasteiger partial charge is 0.356 e. The van der Waals surface area contributed by atoms with Crippen LogP contribution in [0.2, 0.25) is 0 Å². The first-order chi connectivity index (χ1) is 11.4. The highest BCUT2D eigenvalue weighted by Crippen LogP contribution is 2.26. The zero-order chi connectivity index (χ0) is 17.3. The standard InChI is InChI=1S/C16H21N3O3S2/c1-3-14-4-5-15(23-14)24(21,22)19-10-8-18(9-11-19)16(20)13-6-7-17(2)12-13/h4-7,12H,3,8-11H2,1-2H3. The number of sulfonamides is 1. The highest BCUT2D eigenvalue weighted by atomic mass is 32.2. The van der Waals surface area contributed by atoms with Gasteiger partial charge in [0.2, 0.25) is 0 Å². The zero-order valence-electron chi connectivity index (χ0n) is 13.8. The minimum Gasteiger partial charge on any atom is -0.356 e. The predicted molar refractivity (Wildman–Crippen MR) is 93.8 cm³/mol. The molecule has 130 valence electrons. The fraction of sp³-hybridized carbons (Fsp3) is 0.438. The van der Waals surface area contributed by atoms with Gasteiger partial charge in [-0.25, -0.2) is 8.42 Å². The molecule has 3 heterocycles. The summed E-state index contributed by atoms with van der Waals surface area (Å²) in [6.07, 6.45) is 4.44. The van der Waals surface area contributed by atoms with Gasteiger partial charge in [-0.1, -0.05) is 6.92 Å². The Kier molecular flexibility index (Phi) is 4.80. The van der Waals surface area contributed by atoms with E-state index in [-0.39, 0.29) is 5.91 Å². The van der Waals surface area contributed by atoms with E-state index < -0.39 is 10.0 Å². The van der Waals surface area contributed by atoms with Crippen LogP contribution in [-0.4, -0.2) is 54.3 Å². The number of piperazine rings is 1. The van der Waals surface area contributed by atoms with Crippen molar-refractivity contribution in [2.45, 2.75) is 17.6 Å². The first-order valence-electron chi connectivity index (χ1n) is 7.92.